The summed E-state index contributed by atoms with van der Waals surface area (Å²) in [6, 6.07) is 13.6. The molecule has 0 radical (unpaired) electrons. The van der Waals surface area contributed by atoms with Crippen molar-refractivity contribution in [3.63, 3.8) is 0 Å². The number of rotatable bonds is 9. The summed E-state index contributed by atoms with van der Waals surface area (Å²) >= 11 is 0. The first-order valence-corrected chi connectivity index (χ1v) is 22.4. The Morgan fingerprint density at radius 2 is 1.72 bits per heavy atom. The lowest BCUT2D eigenvalue weighted by Gasteiger charge is -2.41. The molecule has 16 nitrogen and oxygen atoms in total. The van der Waals surface area contributed by atoms with Gasteiger partial charge in [0.1, 0.15) is 30.0 Å². The van der Waals surface area contributed by atoms with E-state index in [0.717, 1.165) is 93.4 Å². The third kappa shape index (κ3) is 7.90. The van der Waals surface area contributed by atoms with E-state index in [1.165, 1.54) is 14.2 Å². The summed E-state index contributed by atoms with van der Waals surface area (Å²) in [5.74, 6) is 1.37. The van der Waals surface area contributed by atoms with Crippen molar-refractivity contribution in [1.29, 1.82) is 0 Å². The van der Waals surface area contributed by atoms with Crippen molar-refractivity contribution in [3.8, 4) is 28.1 Å². The minimum Gasteiger partial charge on any atom is -0.488 e. The van der Waals surface area contributed by atoms with Crippen LogP contribution >= 0.6 is 0 Å². The van der Waals surface area contributed by atoms with E-state index in [-0.39, 0.29) is 48.4 Å². The Balaban J connectivity index is 0.958. The van der Waals surface area contributed by atoms with Crippen LogP contribution in [0.15, 0.2) is 48.7 Å². The number of methoxy groups -OCH3 is 2. The van der Waals surface area contributed by atoms with Gasteiger partial charge in [0.25, 0.3) is 0 Å². The number of hydrogen-bond donors (Lipinski definition) is 4. The molecule has 64 heavy (non-hydrogen) atoms. The summed E-state index contributed by atoms with van der Waals surface area (Å²) in [5.41, 5.74) is 6.11. The maximum atomic E-state index is 14.5. The molecule has 8 unspecified atom stereocenters. The second kappa shape index (κ2) is 16.8. The molecular formula is C48H58N8O8. The van der Waals surface area contributed by atoms with Gasteiger partial charge in [-0.3, -0.25) is 9.59 Å². The van der Waals surface area contributed by atoms with E-state index >= 15 is 0 Å². The molecule has 3 fully saturated rings. The minimum atomic E-state index is -0.644. The van der Waals surface area contributed by atoms with E-state index in [1.54, 1.807) is 0 Å². The molecule has 16 heteroatoms. The number of hydrogen-bond acceptors (Lipinski definition) is 10. The van der Waals surface area contributed by atoms with E-state index in [4.69, 9.17) is 28.9 Å². The van der Waals surface area contributed by atoms with Gasteiger partial charge < -0.3 is 49.3 Å². The van der Waals surface area contributed by atoms with Crippen molar-refractivity contribution in [1.82, 2.24) is 40.4 Å². The molecule has 0 saturated carbocycles. The standard InChI is InChI=1S/C48H58N8O8/c1-24-17-30-12-16-37(56(30)45(58)40(24)54-47(60)62-8)42-49-22-36(52-42)28-10-13-31-29(18-28)23-63-39-20-32-27(19-33(31)39)11-14-35-41(32)53-43(51-35)38-15-9-25(2)55(38)44(57)34(21-50-46(59)61-7)26(3)64-48(4,5)6/h10-11,13-14,18-20,22,24-26,30,34,37-38,40H,9,12,15-17,21,23H2,1-8H3,(H,49,52)(H,50,59)(H,51,53)(H,54,60). The number of alkyl carbamates (subject to hydrolysis) is 2. The number of ether oxygens (including phenoxy) is 4. The van der Waals surface area contributed by atoms with E-state index in [2.05, 4.69) is 63.9 Å². The molecule has 0 bridgehead atoms. The van der Waals surface area contributed by atoms with Crippen molar-refractivity contribution < 1.29 is 38.1 Å². The van der Waals surface area contributed by atoms with Gasteiger partial charge >= 0.3 is 12.2 Å². The van der Waals surface area contributed by atoms with Gasteiger partial charge in [0.15, 0.2) is 0 Å². The Morgan fingerprint density at radius 1 is 0.938 bits per heavy atom. The maximum absolute atomic E-state index is 14.5. The van der Waals surface area contributed by atoms with Crippen LogP contribution in [0.2, 0.25) is 0 Å². The number of carbonyl (C=O) groups is 4. The van der Waals surface area contributed by atoms with Crippen LogP contribution in [-0.2, 0) is 30.4 Å². The lowest BCUT2D eigenvalue weighted by atomic mass is 9.88. The highest BCUT2D eigenvalue weighted by Crippen LogP contribution is 2.45. The van der Waals surface area contributed by atoms with E-state index in [9.17, 15) is 19.2 Å². The van der Waals surface area contributed by atoms with Gasteiger partial charge in [-0.25, -0.2) is 19.6 Å². The van der Waals surface area contributed by atoms with Crippen LogP contribution in [0, 0.1) is 11.8 Å². The summed E-state index contributed by atoms with van der Waals surface area (Å²) in [6.07, 6.45) is 4.16. The molecule has 4 aliphatic rings. The third-order valence-corrected chi connectivity index (χ3v) is 13.6. The quantitative estimate of drug-likeness (QED) is 0.114. The van der Waals surface area contributed by atoms with Crippen LogP contribution < -0.4 is 15.4 Å². The van der Waals surface area contributed by atoms with Crippen LogP contribution in [0.5, 0.6) is 5.75 Å². The highest BCUT2D eigenvalue weighted by Gasteiger charge is 2.48. The number of aromatic amines is 2. The average Bonchev–Trinajstić information content (AvgIpc) is 4.09. The molecule has 5 aromatic rings. The Hall–Kier alpha value is -6.16. The molecule has 0 aliphatic carbocycles. The number of benzene rings is 3. The number of fused-ring (bicyclic) bond motifs is 7. The number of nitrogens with one attached hydrogen (secondary N) is 4. The maximum Gasteiger partial charge on any atom is 0.407 e. The number of nitrogens with zero attached hydrogens (tertiary/aromatic N) is 4. The van der Waals surface area contributed by atoms with E-state index in [1.807, 2.05) is 56.7 Å². The average molecular weight is 875 g/mol. The predicted molar refractivity (Wildman–Crippen MR) is 239 cm³/mol. The number of amides is 4. The van der Waals surface area contributed by atoms with Crippen LogP contribution in [-0.4, -0.2) is 104 Å². The normalized spacial score (nSPS) is 23.8. The highest BCUT2D eigenvalue weighted by molar-refractivity contribution is 6.07. The van der Waals surface area contributed by atoms with Crippen molar-refractivity contribution in [2.75, 3.05) is 20.8 Å². The molecule has 338 valence electrons. The first-order valence-electron chi connectivity index (χ1n) is 22.4. The second-order valence-electron chi connectivity index (χ2n) is 18.9. The molecule has 4 amide bonds. The van der Waals surface area contributed by atoms with Gasteiger partial charge in [-0.15, -0.1) is 0 Å². The Bertz CT molecular complexity index is 2630. The number of H-pyrrole nitrogens is 2. The highest BCUT2D eigenvalue weighted by atomic mass is 16.5. The number of likely N-dealkylation sites (tertiary alicyclic amines) is 1. The fourth-order valence-corrected chi connectivity index (χ4v) is 10.5. The van der Waals surface area contributed by atoms with Gasteiger partial charge in [-0.05, 0) is 119 Å². The van der Waals surface area contributed by atoms with Gasteiger partial charge in [-0.1, -0.05) is 25.1 Å². The Morgan fingerprint density at radius 3 is 2.48 bits per heavy atom. The SMILES string of the molecule is COC(=O)NCC(C(=O)N1C(C)CCC1c1nc2c(ccc3cc4c(cc32)OCc2cc(-c3cnc(C5CCC6CC(C)C(NC(=O)OC)C(=O)N65)[nH]3)ccc2-4)[nH]1)C(C)OC(C)(C)C. The molecule has 6 heterocycles. The summed E-state index contributed by atoms with van der Waals surface area (Å²) in [5, 5.41) is 7.44. The van der Waals surface area contributed by atoms with Gasteiger partial charge in [0.05, 0.1) is 66.9 Å². The minimum absolute atomic E-state index is 0.00251. The number of carbonyl (C=O) groups excluding carboxylic acids is 4. The van der Waals surface area contributed by atoms with Gasteiger partial charge in [0.2, 0.25) is 11.8 Å². The number of aromatic nitrogens is 4. The van der Waals surface area contributed by atoms with Crippen molar-refractivity contribution >= 4 is 45.8 Å². The molecule has 4 N–H and O–H groups in total. The predicted octanol–water partition coefficient (Wildman–Crippen LogP) is 7.69. The van der Waals surface area contributed by atoms with Gasteiger partial charge in [0, 0.05) is 29.6 Å². The Kier molecular flexibility index (Phi) is 11.3. The zero-order valence-corrected chi connectivity index (χ0v) is 37.7. The van der Waals surface area contributed by atoms with Gasteiger partial charge in [-0.2, -0.15) is 0 Å². The molecule has 3 saturated heterocycles. The molecular weight excluding hydrogens is 817 g/mol. The third-order valence-electron chi connectivity index (χ3n) is 13.6. The first kappa shape index (κ1) is 43.1. The van der Waals surface area contributed by atoms with Crippen molar-refractivity contribution in [2.24, 2.45) is 11.8 Å². The number of imidazole rings is 2. The van der Waals surface area contributed by atoms with E-state index in [0.29, 0.717) is 12.4 Å². The summed E-state index contributed by atoms with van der Waals surface area (Å²) < 4.78 is 22.3. The van der Waals surface area contributed by atoms with Crippen LogP contribution in [0.1, 0.15) is 103 Å². The summed E-state index contributed by atoms with van der Waals surface area (Å²) in [7, 11) is 2.61. The van der Waals surface area contributed by atoms with E-state index < -0.39 is 35.9 Å². The first-order chi connectivity index (χ1) is 30.6. The zero-order chi connectivity index (χ0) is 45.2. The molecule has 4 aliphatic heterocycles. The number of piperidine rings is 1. The lowest BCUT2D eigenvalue weighted by molar-refractivity contribution is -0.148. The fraction of sp³-hybridized carbons (Fsp3) is 0.500. The largest absolute Gasteiger partial charge is 0.488 e. The van der Waals surface area contributed by atoms with Crippen LogP contribution in [0.4, 0.5) is 9.59 Å². The molecule has 0 spiro atoms. The molecule has 8 atom stereocenters. The van der Waals surface area contributed by atoms with Crippen molar-refractivity contribution in [3.05, 3.63) is 65.9 Å². The molecule has 3 aromatic carbocycles. The second-order valence-corrected chi connectivity index (χ2v) is 18.9. The zero-order valence-electron chi connectivity index (χ0n) is 37.7. The van der Waals surface area contributed by atoms with Crippen LogP contribution in [0.3, 0.4) is 0 Å². The lowest BCUT2D eigenvalue weighted by Crippen LogP contribution is -2.58. The molecule has 2 aromatic heterocycles. The topological polar surface area (TPSA) is 193 Å². The van der Waals surface area contributed by atoms with Crippen LogP contribution in [0.25, 0.3) is 44.2 Å². The Labute approximate surface area is 372 Å². The summed E-state index contributed by atoms with van der Waals surface area (Å²) in [6.45, 7) is 12.2. The summed E-state index contributed by atoms with van der Waals surface area (Å²) in [4.78, 5) is 73.2. The fourth-order valence-electron chi connectivity index (χ4n) is 10.5. The van der Waals surface area contributed by atoms with Crippen molar-refractivity contribution in [2.45, 2.75) is 122 Å². The monoisotopic (exact) mass is 874 g/mol. The molecule has 9 rings (SSSR count). The smallest absolute Gasteiger partial charge is 0.407 e.